The Balaban J connectivity index is 1.03. The highest BCUT2D eigenvalue weighted by atomic mass is 16.6. The molecule has 3 N–H and O–H groups in total. The molecule has 0 saturated carbocycles. The largest absolute Gasteiger partial charge is 0.444 e. The van der Waals surface area contributed by atoms with E-state index >= 15 is 0 Å². The summed E-state index contributed by atoms with van der Waals surface area (Å²) in [6.07, 6.45) is 7.59. The van der Waals surface area contributed by atoms with Crippen LogP contribution in [0.1, 0.15) is 59.3 Å². The molecule has 2 aliphatic heterocycles. The van der Waals surface area contributed by atoms with Crippen LogP contribution in [0.2, 0.25) is 0 Å². The quantitative estimate of drug-likeness (QED) is 0.114. The molecule has 346 valence electrons. The first-order chi connectivity index (χ1) is 31.1. The van der Waals surface area contributed by atoms with Crippen molar-refractivity contribution in [1.82, 2.24) is 44.2 Å². The summed E-state index contributed by atoms with van der Waals surface area (Å²) in [6.45, 7) is 6.61. The molecular formula is C43H56N14O8. The topological polar surface area (TPSA) is 273 Å². The number of piperidine rings is 2. The summed E-state index contributed by atoms with van der Waals surface area (Å²) in [5.74, 6) is -0.170. The van der Waals surface area contributed by atoms with Crippen molar-refractivity contribution >= 4 is 63.5 Å². The van der Waals surface area contributed by atoms with Crippen molar-refractivity contribution in [3.63, 3.8) is 0 Å². The summed E-state index contributed by atoms with van der Waals surface area (Å²) in [5.41, 5.74) is 5.52. The minimum absolute atomic E-state index is 0.0168. The van der Waals surface area contributed by atoms with Gasteiger partial charge in [-0.05, 0) is 63.5 Å². The standard InChI is InChI=1S/C43H56N14O8/c1-28-9-16-54(34(58)7-14-44)22-32(28)52(4)38-30-11-19-57(40(30)50-24-48-38)27-64-37(61)21-47-42(62)65-43(2,3)13-6-29-10-17-55(35(59)8-15-45)23-33(29)53(5)39-31-12-18-56(26-63-36(60)20-46)41(31)51-25-49-39/h11-12,18-19,24-25,28-29,32-33H,6-10,13,16-17,20-23,26-27,46H2,1-5H3,(H,47,62)/t28-,29-,32+,33+/m1/s1. The summed E-state index contributed by atoms with van der Waals surface area (Å²) in [6, 6.07) is 7.26. The van der Waals surface area contributed by atoms with Crippen molar-refractivity contribution in [1.29, 1.82) is 10.5 Å². The summed E-state index contributed by atoms with van der Waals surface area (Å²) in [5, 5.41) is 22.2. The lowest BCUT2D eigenvalue weighted by Crippen LogP contribution is -2.53. The number of alkyl carbamates (subject to hydrolysis) is 1. The Labute approximate surface area is 376 Å². The number of likely N-dealkylation sites (N-methyl/N-ethyl adjacent to an activating group) is 2. The molecule has 2 saturated heterocycles. The van der Waals surface area contributed by atoms with Crippen molar-refractivity contribution in [2.45, 2.75) is 90.4 Å². The zero-order chi connectivity index (χ0) is 46.8. The fraction of sp³-hybridized carbons (Fsp3) is 0.558. The summed E-state index contributed by atoms with van der Waals surface area (Å²) in [7, 11) is 3.80. The van der Waals surface area contributed by atoms with Gasteiger partial charge in [0.2, 0.25) is 11.8 Å². The van der Waals surface area contributed by atoms with Crippen molar-refractivity contribution < 1.29 is 38.2 Å². The molecule has 6 rings (SSSR count). The number of likely N-dealkylation sites (tertiary alicyclic amines) is 2. The second-order valence-electron chi connectivity index (χ2n) is 17.0. The first-order valence-electron chi connectivity index (χ1n) is 21.5. The monoisotopic (exact) mass is 896 g/mol. The van der Waals surface area contributed by atoms with Gasteiger partial charge in [-0.15, -0.1) is 0 Å². The molecule has 2 fully saturated rings. The zero-order valence-electron chi connectivity index (χ0n) is 37.4. The Morgan fingerprint density at radius 1 is 0.815 bits per heavy atom. The van der Waals surface area contributed by atoms with E-state index in [1.807, 2.05) is 48.2 Å². The van der Waals surface area contributed by atoms with Crippen LogP contribution in [0.15, 0.2) is 37.2 Å². The molecular weight excluding hydrogens is 841 g/mol. The second-order valence-corrected chi connectivity index (χ2v) is 17.0. The number of esters is 2. The molecule has 0 aromatic carbocycles. The van der Waals surface area contributed by atoms with Crippen molar-refractivity contribution in [2.24, 2.45) is 17.6 Å². The molecule has 22 heteroatoms. The molecule has 0 bridgehead atoms. The van der Waals surface area contributed by atoms with Gasteiger partial charge in [0.15, 0.2) is 13.5 Å². The third kappa shape index (κ3) is 11.4. The fourth-order valence-corrected chi connectivity index (χ4v) is 8.59. The molecule has 0 radical (unpaired) electrons. The first-order valence-corrected chi connectivity index (χ1v) is 21.5. The number of hydrogen-bond acceptors (Lipinski definition) is 17. The van der Waals surface area contributed by atoms with Crippen LogP contribution in [0.25, 0.3) is 22.1 Å². The minimum Gasteiger partial charge on any atom is -0.444 e. The summed E-state index contributed by atoms with van der Waals surface area (Å²) < 4.78 is 19.8. The molecule has 4 atom stereocenters. The molecule has 6 heterocycles. The maximum Gasteiger partial charge on any atom is 0.408 e. The number of nitrogens with two attached hydrogens (primary N) is 1. The van der Waals surface area contributed by atoms with Crippen LogP contribution < -0.4 is 20.9 Å². The number of nitrogens with one attached hydrogen (secondary N) is 1. The number of hydrogen-bond donors (Lipinski definition) is 2. The summed E-state index contributed by atoms with van der Waals surface area (Å²) >= 11 is 0. The van der Waals surface area contributed by atoms with Gasteiger partial charge >= 0.3 is 18.0 Å². The zero-order valence-corrected chi connectivity index (χ0v) is 37.4. The average Bonchev–Trinajstić information content (AvgIpc) is 3.92. The molecule has 0 aliphatic carbocycles. The van der Waals surface area contributed by atoms with Crippen molar-refractivity contribution in [3.8, 4) is 12.1 Å². The Hall–Kier alpha value is -7.07. The number of aromatic nitrogens is 6. The van der Waals surface area contributed by atoms with E-state index in [9.17, 15) is 29.2 Å². The van der Waals surface area contributed by atoms with Gasteiger partial charge in [0.1, 0.15) is 60.6 Å². The lowest BCUT2D eigenvalue weighted by molar-refractivity contribution is -0.146. The second kappa shape index (κ2) is 21.1. The number of anilines is 2. The number of amides is 3. The van der Waals surface area contributed by atoms with Crippen LogP contribution in [0.5, 0.6) is 0 Å². The smallest absolute Gasteiger partial charge is 0.408 e. The SMILES string of the molecule is C[C@@H]1CCN(C(=O)CC#N)C[C@@H]1N(C)c1ncnc2c1ccn2COC(=O)CNC(=O)OC(C)(C)CC[C@@H]1CCN(C(=O)CC#N)C[C@@H]1N(C)c1ncnc2c1ccn2COC(=O)CN. The molecule has 0 unspecified atom stereocenters. The van der Waals surface area contributed by atoms with Gasteiger partial charge in [0.25, 0.3) is 0 Å². The normalized spacial score (nSPS) is 18.6. The van der Waals surface area contributed by atoms with Gasteiger partial charge in [0.05, 0.1) is 41.5 Å². The lowest BCUT2D eigenvalue weighted by Gasteiger charge is -2.44. The Morgan fingerprint density at radius 2 is 1.34 bits per heavy atom. The van der Waals surface area contributed by atoms with Gasteiger partial charge in [-0.2, -0.15) is 10.5 Å². The first kappa shape index (κ1) is 47.4. The van der Waals surface area contributed by atoms with Crippen LogP contribution in [-0.2, 0) is 46.9 Å². The Bertz CT molecular complexity index is 2460. The number of carbonyl (C=O) groups excluding carboxylic acids is 5. The van der Waals surface area contributed by atoms with E-state index in [0.29, 0.717) is 73.8 Å². The fourth-order valence-electron chi connectivity index (χ4n) is 8.59. The third-order valence-corrected chi connectivity index (χ3v) is 12.3. The minimum atomic E-state index is -0.945. The van der Waals surface area contributed by atoms with Gasteiger partial charge < -0.3 is 44.9 Å². The highest BCUT2D eigenvalue weighted by Gasteiger charge is 2.37. The molecule has 22 nitrogen and oxygen atoms in total. The van der Waals surface area contributed by atoms with Crippen molar-refractivity contribution in [2.75, 3.05) is 63.2 Å². The highest BCUT2D eigenvalue weighted by molar-refractivity contribution is 5.89. The molecule has 3 amide bonds. The Morgan fingerprint density at radius 3 is 1.89 bits per heavy atom. The van der Waals surface area contributed by atoms with E-state index in [1.54, 1.807) is 45.2 Å². The highest BCUT2D eigenvalue weighted by Crippen LogP contribution is 2.34. The lowest BCUT2D eigenvalue weighted by atomic mass is 9.83. The maximum atomic E-state index is 13.0. The molecule has 0 spiro atoms. The number of carbonyl (C=O) groups is 5. The van der Waals surface area contributed by atoms with E-state index in [-0.39, 0.29) is 68.6 Å². The van der Waals surface area contributed by atoms with Gasteiger partial charge in [-0.1, -0.05) is 6.92 Å². The Kier molecular flexibility index (Phi) is 15.4. The number of nitrogens with zero attached hydrogens (tertiary/aromatic N) is 12. The van der Waals surface area contributed by atoms with E-state index in [0.717, 1.165) is 11.8 Å². The average molecular weight is 897 g/mol. The van der Waals surface area contributed by atoms with Gasteiger partial charge in [-0.3, -0.25) is 28.3 Å². The third-order valence-electron chi connectivity index (χ3n) is 12.3. The van der Waals surface area contributed by atoms with Crippen molar-refractivity contribution in [3.05, 3.63) is 37.2 Å². The predicted molar refractivity (Wildman–Crippen MR) is 234 cm³/mol. The van der Waals surface area contributed by atoms with Crippen LogP contribution >= 0.6 is 0 Å². The predicted octanol–water partition coefficient (Wildman–Crippen LogP) is 2.28. The molecule has 4 aromatic heterocycles. The maximum absolute atomic E-state index is 13.0. The van der Waals surface area contributed by atoms with Crippen LogP contribution in [0.3, 0.4) is 0 Å². The number of fused-ring (bicyclic) bond motifs is 2. The van der Waals surface area contributed by atoms with Gasteiger partial charge in [0, 0.05) is 52.7 Å². The number of ether oxygens (including phenoxy) is 3. The van der Waals surface area contributed by atoms with E-state index in [2.05, 4.69) is 32.2 Å². The number of rotatable bonds is 17. The van der Waals surface area contributed by atoms with E-state index in [1.165, 1.54) is 12.7 Å². The van der Waals surface area contributed by atoms with E-state index in [4.69, 9.17) is 25.2 Å². The van der Waals surface area contributed by atoms with Crippen LogP contribution in [0, 0.1) is 34.5 Å². The van der Waals surface area contributed by atoms with Crippen LogP contribution in [0.4, 0.5) is 16.4 Å². The summed E-state index contributed by atoms with van der Waals surface area (Å²) in [4.78, 5) is 88.3. The molecule has 4 aromatic rings. The molecule has 65 heavy (non-hydrogen) atoms. The van der Waals surface area contributed by atoms with Crippen LogP contribution in [-0.4, -0.2) is 140 Å². The number of nitriles is 2. The van der Waals surface area contributed by atoms with Gasteiger partial charge in [-0.25, -0.2) is 24.7 Å². The van der Waals surface area contributed by atoms with E-state index < -0.39 is 30.2 Å². The molecule has 2 aliphatic rings.